The van der Waals surface area contributed by atoms with Crippen LogP contribution in [0.4, 0.5) is 0 Å². The molecule has 0 bridgehead atoms. The maximum absolute atomic E-state index is 13.1. The minimum absolute atomic E-state index is 0.228. The van der Waals surface area contributed by atoms with E-state index in [9.17, 15) is 14.7 Å². The summed E-state index contributed by atoms with van der Waals surface area (Å²) >= 11 is 0. The number of fused-ring (bicyclic) bond motifs is 1. The summed E-state index contributed by atoms with van der Waals surface area (Å²) in [6, 6.07) is 22.1. The Labute approximate surface area is 253 Å². The Morgan fingerprint density at radius 2 is 1.51 bits per heavy atom. The number of methoxy groups -OCH3 is 1. The van der Waals surface area contributed by atoms with E-state index < -0.39 is 5.97 Å². The Morgan fingerprint density at radius 1 is 0.860 bits per heavy atom. The summed E-state index contributed by atoms with van der Waals surface area (Å²) in [6.07, 6.45) is 2.22. The smallest absolute Gasteiger partial charge is 0.344 e. The topological polar surface area (TPSA) is 97.2 Å². The number of nitrogens with one attached hydrogen (secondary N) is 1. The van der Waals surface area contributed by atoms with Gasteiger partial charge in [-0.05, 0) is 74.5 Å². The van der Waals surface area contributed by atoms with Gasteiger partial charge in [-0.1, -0.05) is 90.1 Å². The minimum atomic E-state index is -0.504. The number of carbonyl (C=O) groups is 2. The van der Waals surface area contributed by atoms with Crippen molar-refractivity contribution in [2.45, 2.75) is 65.2 Å². The van der Waals surface area contributed by atoms with E-state index in [-0.39, 0.29) is 28.9 Å². The molecule has 0 unspecified atom stereocenters. The van der Waals surface area contributed by atoms with Gasteiger partial charge in [0.2, 0.25) is 5.91 Å². The van der Waals surface area contributed by atoms with Crippen LogP contribution < -0.4 is 14.9 Å². The second-order valence-corrected chi connectivity index (χ2v) is 12.7. The predicted molar refractivity (Wildman–Crippen MR) is 171 cm³/mol. The number of hydrogen-bond acceptors (Lipinski definition) is 6. The first-order valence-electron chi connectivity index (χ1n) is 14.3. The number of aryl methyl sites for hydroxylation is 1. The molecule has 0 saturated carbocycles. The third-order valence-corrected chi connectivity index (χ3v) is 7.23. The van der Waals surface area contributed by atoms with Crippen LogP contribution in [0.2, 0.25) is 0 Å². The van der Waals surface area contributed by atoms with E-state index in [2.05, 4.69) is 52.1 Å². The first kappa shape index (κ1) is 31.3. The van der Waals surface area contributed by atoms with Crippen molar-refractivity contribution in [3.8, 4) is 17.2 Å². The monoisotopic (exact) mass is 580 g/mol. The van der Waals surface area contributed by atoms with Gasteiger partial charge in [-0.25, -0.2) is 10.2 Å². The molecule has 1 amide bonds. The highest BCUT2D eigenvalue weighted by molar-refractivity contribution is 6.05. The van der Waals surface area contributed by atoms with Gasteiger partial charge in [-0.15, -0.1) is 0 Å². The molecule has 4 rings (SSSR count). The molecule has 0 saturated heterocycles. The van der Waals surface area contributed by atoms with Crippen molar-refractivity contribution in [3.63, 3.8) is 0 Å². The maximum atomic E-state index is 13.1. The summed E-state index contributed by atoms with van der Waals surface area (Å²) in [4.78, 5) is 25.7. The van der Waals surface area contributed by atoms with Crippen molar-refractivity contribution in [2.24, 2.45) is 5.10 Å². The molecule has 0 aliphatic heterocycles. The Bertz CT molecular complexity index is 1640. The first-order valence-corrected chi connectivity index (χ1v) is 14.3. The molecule has 0 fully saturated rings. The number of nitrogens with zero attached hydrogens (tertiary/aromatic N) is 1. The van der Waals surface area contributed by atoms with Crippen LogP contribution in [0, 0.1) is 0 Å². The van der Waals surface area contributed by atoms with E-state index >= 15 is 0 Å². The predicted octanol–water partition coefficient (Wildman–Crippen LogP) is 7.45. The number of rotatable bonds is 8. The Hall–Kier alpha value is -4.65. The van der Waals surface area contributed by atoms with Crippen molar-refractivity contribution in [1.29, 1.82) is 0 Å². The summed E-state index contributed by atoms with van der Waals surface area (Å²) in [5.41, 5.74) is 5.87. The molecule has 0 atom stereocenters. The van der Waals surface area contributed by atoms with Crippen LogP contribution in [-0.4, -0.2) is 30.3 Å². The maximum Gasteiger partial charge on any atom is 0.344 e. The molecule has 0 aromatic heterocycles. The summed E-state index contributed by atoms with van der Waals surface area (Å²) in [7, 11) is 1.50. The van der Waals surface area contributed by atoms with E-state index in [0.29, 0.717) is 29.0 Å². The number of aromatic hydroxyl groups is 1. The lowest BCUT2D eigenvalue weighted by molar-refractivity contribution is -0.121. The number of ether oxygens (including phenoxy) is 2. The number of hydrogen-bond donors (Lipinski definition) is 2. The summed E-state index contributed by atoms with van der Waals surface area (Å²) in [5.74, 6) is 0.214. The second-order valence-electron chi connectivity index (χ2n) is 12.7. The van der Waals surface area contributed by atoms with Gasteiger partial charge in [-0.2, -0.15) is 5.10 Å². The number of hydrazone groups is 1. The number of amides is 1. The fraction of sp³-hybridized carbons (Fsp3) is 0.306. The van der Waals surface area contributed by atoms with E-state index in [1.165, 1.54) is 13.3 Å². The highest BCUT2D eigenvalue weighted by Crippen LogP contribution is 2.40. The lowest BCUT2D eigenvalue weighted by Gasteiger charge is -2.28. The highest BCUT2D eigenvalue weighted by Gasteiger charge is 2.26. The number of benzene rings is 4. The minimum Gasteiger partial charge on any atom is -0.507 e. The Kier molecular flexibility index (Phi) is 9.24. The molecular formula is C36H40N2O5. The molecule has 0 radical (unpaired) electrons. The average molecular weight is 581 g/mol. The number of carbonyl (C=O) groups excluding carboxylic acids is 2. The van der Waals surface area contributed by atoms with Crippen LogP contribution in [0.15, 0.2) is 77.9 Å². The third-order valence-electron chi connectivity index (χ3n) is 7.23. The van der Waals surface area contributed by atoms with Crippen molar-refractivity contribution < 1.29 is 24.2 Å². The molecule has 0 aliphatic carbocycles. The van der Waals surface area contributed by atoms with Crippen LogP contribution in [0.5, 0.6) is 17.2 Å². The van der Waals surface area contributed by atoms with Crippen LogP contribution in [0.1, 0.15) is 80.6 Å². The van der Waals surface area contributed by atoms with Crippen molar-refractivity contribution >= 4 is 28.9 Å². The fourth-order valence-electron chi connectivity index (χ4n) is 4.89. The number of phenolic OH excluding ortho intramolecular Hbond substituents is 1. The zero-order valence-corrected chi connectivity index (χ0v) is 25.9. The molecule has 0 heterocycles. The summed E-state index contributed by atoms with van der Waals surface area (Å²) in [6.45, 7) is 12.4. The second kappa shape index (κ2) is 12.7. The van der Waals surface area contributed by atoms with Gasteiger partial charge in [0.15, 0.2) is 11.5 Å². The SMILES string of the molecule is COc1ccc(/C=N\NC(=O)CCc2cc(C(C)(C)C)c(O)c(C(C)(C)C)c2)cc1OC(=O)c1cccc2ccccc12. The van der Waals surface area contributed by atoms with Gasteiger partial charge in [0, 0.05) is 6.42 Å². The van der Waals surface area contributed by atoms with Gasteiger partial charge >= 0.3 is 5.97 Å². The third kappa shape index (κ3) is 7.60. The van der Waals surface area contributed by atoms with E-state index in [1.54, 1.807) is 24.3 Å². The van der Waals surface area contributed by atoms with Gasteiger partial charge in [0.05, 0.1) is 18.9 Å². The zero-order chi connectivity index (χ0) is 31.4. The molecule has 224 valence electrons. The quantitative estimate of drug-likeness (QED) is 0.0976. The lowest BCUT2D eigenvalue weighted by atomic mass is 9.78. The number of esters is 1. The normalized spacial score (nSPS) is 12.0. The Balaban J connectivity index is 1.43. The van der Waals surface area contributed by atoms with Gasteiger partial charge in [0.1, 0.15) is 5.75 Å². The standard InChI is InChI=1S/C36H40N2O5/c1-35(2,3)28-19-23(20-29(33(28)40)36(4,5)6)16-18-32(39)38-37-22-24-15-17-30(42-7)31(21-24)43-34(41)27-14-10-12-25-11-8-9-13-26(25)27/h8-15,17,19-22,40H,16,18H2,1-7H3,(H,38,39)/b37-22-. The van der Waals surface area contributed by atoms with Gasteiger partial charge < -0.3 is 14.6 Å². The van der Waals surface area contributed by atoms with Crippen molar-refractivity contribution in [2.75, 3.05) is 7.11 Å². The fourth-order valence-corrected chi connectivity index (χ4v) is 4.89. The van der Waals surface area contributed by atoms with Gasteiger partial charge in [0.25, 0.3) is 0 Å². The van der Waals surface area contributed by atoms with Gasteiger partial charge in [-0.3, -0.25) is 4.79 Å². The van der Waals surface area contributed by atoms with E-state index in [1.807, 2.05) is 48.5 Å². The van der Waals surface area contributed by atoms with Crippen molar-refractivity contribution in [3.05, 3.63) is 101 Å². The zero-order valence-electron chi connectivity index (χ0n) is 25.9. The lowest BCUT2D eigenvalue weighted by Crippen LogP contribution is -2.20. The highest BCUT2D eigenvalue weighted by atomic mass is 16.6. The molecule has 4 aromatic rings. The summed E-state index contributed by atoms with van der Waals surface area (Å²) < 4.78 is 11.1. The summed E-state index contributed by atoms with van der Waals surface area (Å²) in [5, 5.41) is 16.8. The van der Waals surface area contributed by atoms with Crippen LogP contribution in [0.25, 0.3) is 10.8 Å². The largest absolute Gasteiger partial charge is 0.507 e. The molecule has 0 aliphatic rings. The average Bonchev–Trinajstić information content (AvgIpc) is 2.95. The first-order chi connectivity index (χ1) is 20.3. The van der Waals surface area contributed by atoms with Crippen LogP contribution in [0.3, 0.4) is 0 Å². The van der Waals surface area contributed by atoms with Crippen LogP contribution >= 0.6 is 0 Å². The van der Waals surface area contributed by atoms with E-state index in [0.717, 1.165) is 27.5 Å². The molecular weight excluding hydrogens is 540 g/mol. The molecule has 43 heavy (non-hydrogen) atoms. The Morgan fingerprint density at radius 3 is 2.16 bits per heavy atom. The molecule has 7 heteroatoms. The molecule has 7 nitrogen and oxygen atoms in total. The van der Waals surface area contributed by atoms with E-state index in [4.69, 9.17) is 9.47 Å². The molecule has 2 N–H and O–H groups in total. The molecule has 4 aromatic carbocycles. The molecule has 0 spiro atoms. The van der Waals surface area contributed by atoms with Crippen LogP contribution in [-0.2, 0) is 22.0 Å². The van der Waals surface area contributed by atoms with Crippen molar-refractivity contribution in [1.82, 2.24) is 5.43 Å². The number of phenols is 1.